The Morgan fingerprint density at radius 2 is 1.96 bits per heavy atom. The number of anilines is 1. The van der Waals surface area contributed by atoms with Crippen molar-refractivity contribution in [1.29, 1.82) is 0 Å². The van der Waals surface area contributed by atoms with Gasteiger partial charge < -0.3 is 10.2 Å². The van der Waals surface area contributed by atoms with Crippen LogP contribution in [-0.2, 0) is 4.79 Å². The van der Waals surface area contributed by atoms with Crippen LogP contribution >= 0.6 is 11.8 Å². The molecule has 136 valence electrons. The van der Waals surface area contributed by atoms with Gasteiger partial charge in [-0.3, -0.25) is 4.79 Å². The number of carbonyl (C=O) groups is 1. The summed E-state index contributed by atoms with van der Waals surface area (Å²) in [5, 5.41) is 3.91. The average molecular weight is 361 g/mol. The molecule has 0 atom stereocenters. The first-order valence-electron chi connectivity index (χ1n) is 9.46. The van der Waals surface area contributed by atoms with Gasteiger partial charge in [0.25, 0.3) is 0 Å². The molecule has 1 saturated heterocycles. The molecule has 1 aliphatic carbocycles. The minimum absolute atomic E-state index is 0.0802. The van der Waals surface area contributed by atoms with E-state index in [9.17, 15) is 4.79 Å². The van der Waals surface area contributed by atoms with Crippen LogP contribution < -0.4 is 10.2 Å². The maximum absolute atomic E-state index is 12.1. The maximum atomic E-state index is 12.1. The quantitative estimate of drug-likeness (QED) is 0.595. The molecule has 2 aliphatic rings. The molecule has 0 unspecified atom stereocenters. The summed E-state index contributed by atoms with van der Waals surface area (Å²) in [5.41, 5.74) is 1.50. The van der Waals surface area contributed by atoms with E-state index in [2.05, 4.69) is 26.3 Å². The van der Waals surface area contributed by atoms with E-state index in [1.165, 1.54) is 62.3 Å². The summed E-state index contributed by atoms with van der Waals surface area (Å²) >= 11 is 1.49. The van der Waals surface area contributed by atoms with E-state index in [-0.39, 0.29) is 5.91 Å². The van der Waals surface area contributed by atoms with E-state index in [0.717, 1.165) is 36.9 Å². The molecule has 0 spiro atoms. The lowest BCUT2D eigenvalue weighted by molar-refractivity contribution is -0.118. The van der Waals surface area contributed by atoms with E-state index in [1.807, 2.05) is 0 Å². The van der Waals surface area contributed by atoms with Crippen molar-refractivity contribution < 1.29 is 4.79 Å². The summed E-state index contributed by atoms with van der Waals surface area (Å²) in [6.07, 6.45) is 15.5. The fourth-order valence-electron chi connectivity index (χ4n) is 3.42. The number of hydrogen-bond acceptors (Lipinski definition) is 5. The molecule has 0 bridgehead atoms. The highest BCUT2D eigenvalue weighted by Crippen LogP contribution is 2.27. The van der Waals surface area contributed by atoms with E-state index >= 15 is 0 Å². The molecule has 1 N–H and O–H groups in total. The summed E-state index contributed by atoms with van der Waals surface area (Å²) in [6, 6.07) is 0. The molecule has 0 aromatic carbocycles. The summed E-state index contributed by atoms with van der Waals surface area (Å²) in [7, 11) is 0. The molecule has 1 amide bonds. The highest BCUT2D eigenvalue weighted by atomic mass is 32.2. The zero-order chi connectivity index (χ0) is 17.3. The van der Waals surface area contributed by atoms with Crippen molar-refractivity contribution in [3.63, 3.8) is 0 Å². The summed E-state index contributed by atoms with van der Waals surface area (Å²) in [4.78, 5) is 23.4. The van der Waals surface area contributed by atoms with Crippen LogP contribution in [0.25, 0.3) is 0 Å². The topological polar surface area (TPSA) is 58.1 Å². The third-order valence-corrected chi connectivity index (χ3v) is 5.76. The zero-order valence-corrected chi connectivity index (χ0v) is 15.7. The number of nitrogens with one attached hydrogen (secondary N) is 1. The SMILES string of the molecule is O=C(CSc1nccnc1N1CCCCC1)NCCC1=CCCCC1. The van der Waals surface area contributed by atoms with Crippen molar-refractivity contribution in [1.82, 2.24) is 15.3 Å². The highest BCUT2D eigenvalue weighted by molar-refractivity contribution is 8.00. The number of piperidine rings is 1. The molecule has 5 nitrogen and oxygen atoms in total. The minimum Gasteiger partial charge on any atom is -0.355 e. The number of hydrogen-bond donors (Lipinski definition) is 1. The monoisotopic (exact) mass is 360 g/mol. The second-order valence-corrected chi connectivity index (χ2v) is 7.69. The van der Waals surface area contributed by atoms with Crippen LogP contribution in [0.2, 0.25) is 0 Å². The molecule has 6 heteroatoms. The number of thioether (sulfide) groups is 1. The van der Waals surface area contributed by atoms with Crippen molar-refractivity contribution in [2.75, 3.05) is 30.3 Å². The van der Waals surface area contributed by atoms with Crippen molar-refractivity contribution >= 4 is 23.5 Å². The Balaban J connectivity index is 1.44. The van der Waals surface area contributed by atoms with Crippen molar-refractivity contribution in [3.05, 3.63) is 24.0 Å². The van der Waals surface area contributed by atoms with Crippen LogP contribution in [0.1, 0.15) is 51.4 Å². The average Bonchev–Trinajstić information content (AvgIpc) is 2.68. The number of amides is 1. The Morgan fingerprint density at radius 1 is 1.12 bits per heavy atom. The van der Waals surface area contributed by atoms with E-state index in [1.54, 1.807) is 12.4 Å². The first kappa shape index (κ1) is 18.2. The summed E-state index contributed by atoms with van der Waals surface area (Å²) in [6.45, 7) is 2.81. The molecule has 2 heterocycles. The predicted octanol–water partition coefficient (Wildman–Crippen LogP) is 3.57. The molecule has 25 heavy (non-hydrogen) atoms. The Labute approximate surface area is 154 Å². The molecule has 0 radical (unpaired) electrons. The third kappa shape index (κ3) is 5.73. The van der Waals surface area contributed by atoms with Gasteiger partial charge in [-0.15, -0.1) is 0 Å². The van der Waals surface area contributed by atoms with Crippen LogP contribution in [-0.4, -0.2) is 41.3 Å². The van der Waals surface area contributed by atoms with Crippen molar-refractivity contribution in [2.45, 2.75) is 56.4 Å². The van der Waals surface area contributed by atoms with E-state index < -0.39 is 0 Å². The number of rotatable bonds is 7. The van der Waals surface area contributed by atoms with Crippen LogP contribution in [0.15, 0.2) is 29.1 Å². The largest absolute Gasteiger partial charge is 0.355 e. The molecular weight excluding hydrogens is 332 g/mol. The molecule has 1 aliphatic heterocycles. The molecule has 1 fully saturated rings. The minimum atomic E-state index is 0.0802. The summed E-state index contributed by atoms with van der Waals surface area (Å²) in [5.74, 6) is 1.42. The number of nitrogens with zero attached hydrogens (tertiary/aromatic N) is 3. The van der Waals surface area contributed by atoms with Crippen LogP contribution in [0.4, 0.5) is 5.82 Å². The van der Waals surface area contributed by atoms with E-state index in [4.69, 9.17) is 0 Å². The lowest BCUT2D eigenvalue weighted by atomic mass is 9.97. The number of carbonyl (C=O) groups excluding carboxylic acids is 1. The van der Waals surface area contributed by atoms with Gasteiger partial charge in [0, 0.05) is 32.0 Å². The van der Waals surface area contributed by atoms with Crippen LogP contribution in [0, 0.1) is 0 Å². The molecule has 1 aromatic heterocycles. The Morgan fingerprint density at radius 3 is 2.76 bits per heavy atom. The Bertz CT molecular complexity index is 599. The third-order valence-electron chi connectivity index (χ3n) is 4.80. The fourth-order valence-corrected chi connectivity index (χ4v) is 4.24. The smallest absolute Gasteiger partial charge is 0.230 e. The zero-order valence-electron chi connectivity index (χ0n) is 14.9. The standard InChI is InChI=1S/C19H28N4OS/c24-17(20-10-9-16-7-3-1-4-8-16)15-25-19-18(21-11-12-22-19)23-13-5-2-6-14-23/h7,11-12H,1-6,8-10,13-15H2,(H,20,24). The fraction of sp³-hybridized carbons (Fsp3) is 0.632. The molecule has 1 aromatic rings. The first-order chi connectivity index (χ1) is 12.3. The Kier molecular flexibility index (Phi) is 7.15. The van der Waals surface area contributed by atoms with Gasteiger partial charge in [-0.25, -0.2) is 9.97 Å². The number of aromatic nitrogens is 2. The van der Waals surface area contributed by atoms with Crippen molar-refractivity contribution in [2.24, 2.45) is 0 Å². The second kappa shape index (κ2) is 9.80. The van der Waals surface area contributed by atoms with Crippen LogP contribution in [0.3, 0.4) is 0 Å². The van der Waals surface area contributed by atoms with Gasteiger partial charge in [-0.05, 0) is 51.4 Å². The lowest BCUT2D eigenvalue weighted by Gasteiger charge is -2.28. The van der Waals surface area contributed by atoms with Gasteiger partial charge in [0.15, 0.2) is 5.82 Å². The maximum Gasteiger partial charge on any atom is 0.230 e. The predicted molar refractivity (Wildman–Crippen MR) is 103 cm³/mol. The molecule has 0 saturated carbocycles. The number of allylic oxidation sites excluding steroid dienone is 1. The molecule has 3 rings (SSSR count). The van der Waals surface area contributed by atoms with E-state index in [0.29, 0.717) is 5.75 Å². The van der Waals surface area contributed by atoms with Gasteiger partial charge in [-0.2, -0.15) is 0 Å². The second-order valence-electron chi connectivity index (χ2n) is 6.73. The van der Waals surface area contributed by atoms with Gasteiger partial charge in [0.1, 0.15) is 5.03 Å². The molecular formula is C19H28N4OS. The van der Waals surface area contributed by atoms with Gasteiger partial charge in [0.05, 0.1) is 5.75 Å². The van der Waals surface area contributed by atoms with Gasteiger partial charge in [0.2, 0.25) is 5.91 Å². The van der Waals surface area contributed by atoms with Crippen LogP contribution in [0.5, 0.6) is 0 Å². The lowest BCUT2D eigenvalue weighted by Crippen LogP contribution is -2.31. The first-order valence-corrected chi connectivity index (χ1v) is 10.4. The Hall–Kier alpha value is -1.56. The van der Waals surface area contributed by atoms with Crippen molar-refractivity contribution in [3.8, 4) is 0 Å². The summed E-state index contributed by atoms with van der Waals surface area (Å²) < 4.78 is 0. The highest BCUT2D eigenvalue weighted by Gasteiger charge is 2.17. The van der Waals surface area contributed by atoms with Gasteiger partial charge >= 0.3 is 0 Å². The normalized spacial score (nSPS) is 17.9. The van der Waals surface area contributed by atoms with Gasteiger partial charge in [-0.1, -0.05) is 23.4 Å².